The van der Waals surface area contributed by atoms with Crippen molar-refractivity contribution in [3.8, 4) is 0 Å². The maximum absolute atomic E-state index is 12.5. The van der Waals surface area contributed by atoms with Crippen LogP contribution >= 0.6 is 11.3 Å². The second kappa shape index (κ2) is 6.90. The molecule has 0 radical (unpaired) electrons. The van der Waals surface area contributed by atoms with Gasteiger partial charge in [-0.2, -0.15) is 0 Å². The number of hydrogen-bond donors (Lipinski definition) is 2. The molecule has 1 fully saturated rings. The van der Waals surface area contributed by atoms with Crippen LogP contribution in [0.1, 0.15) is 35.9 Å². The average molecular weight is 298 g/mol. The number of methoxy groups -OCH3 is 1. The van der Waals surface area contributed by atoms with Gasteiger partial charge in [-0.05, 0) is 19.3 Å². The van der Waals surface area contributed by atoms with Crippen molar-refractivity contribution in [1.29, 1.82) is 0 Å². The van der Waals surface area contributed by atoms with Crippen LogP contribution in [0.15, 0.2) is 0 Å². The van der Waals surface area contributed by atoms with E-state index < -0.39 is 0 Å². The van der Waals surface area contributed by atoms with Crippen LogP contribution in [-0.2, 0) is 4.74 Å². The standard InChI is InChI=1S/C13H22N4O2S/c1-3-6-15-13-16-11(14)10(20-13)12(18)17-7-4-5-9(8-17)19-2/h9H,3-8,14H2,1-2H3,(H,15,16). The van der Waals surface area contributed by atoms with E-state index in [2.05, 4.69) is 17.2 Å². The van der Waals surface area contributed by atoms with Gasteiger partial charge in [-0.3, -0.25) is 4.79 Å². The summed E-state index contributed by atoms with van der Waals surface area (Å²) in [4.78, 5) is 19.1. The Morgan fingerprint density at radius 2 is 2.45 bits per heavy atom. The first-order chi connectivity index (χ1) is 9.65. The highest BCUT2D eigenvalue weighted by Crippen LogP contribution is 2.27. The third-order valence-electron chi connectivity index (χ3n) is 3.37. The fraction of sp³-hybridized carbons (Fsp3) is 0.692. The number of nitrogens with one attached hydrogen (secondary N) is 1. The summed E-state index contributed by atoms with van der Waals surface area (Å²) < 4.78 is 5.35. The highest BCUT2D eigenvalue weighted by atomic mass is 32.1. The smallest absolute Gasteiger partial charge is 0.267 e. The Morgan fingerprint density at radius 3 is 3.15 bits per heavy atom. The molecule has 1 unspecified atom stereocenters. The molecular formula is C13H22N4O2S. The lowest BCUT2D eigenvalue weighted by atomic mass is 10.1. The first-order valence-corrected chi connectivity index (χ1v) is 7.79. The monoisotopic (exact) mass is 298 g/mol. The number of carbonyl (C=O) groups excluding carboxylic acids is 1. The second-order valence-electron chi connectivity index (χ2n) is 4.91. The van der Waals surface area contributed by atoms with Gasteiger partial charge in [0.2, 0.25) is 0 Å². The predicted octanol–water partition coefficient (Wildman–Crippen LogP) is 1.80. The van der Waals surface area contributed by atoms with Crippen molar-refractivity contribution in [3.05, 3.63) is 4.88 Å². The zero-order chi connectivity index (χ0) is 14.5. The first-order valence-electron chi connectivity index (χ1n) is 6.98. The molecule has 0 spiro atoms. The third kappa shape index (κ3) is 3.40. The molecule has 6 nitrogen and oxygen atoms in total. The number of anilines is 2. The lowest BCUT2D eigenvalue weighted by Crippen LogP contribution is -2.42. The van der Waals surface area contributed by atoms with Crippen LogP contribution in [0.5, 0.6) is 0 Å². The zero-order valence-corrected chi connectivity index (χ0v) is 12.8. The molecule has 3 N–H and O–H groups in total. The number of hydrogen-bond acceptors (Lipinski definition) is 6. The van der Waals surface area contributed by atoms with Crippen molar-refractivity contribution >= 4 is 28.2 Å². The molecule has 1 aliphatic heterocycles. The van der Waals surface area contributed by atoms with Crippen molar-refractivity contribution in [2.45, 2.75) is 32.3 Å². The number of amides is 1. The number of thiazole rings is 1. The lowest BCUT2D eigenvalue weighted by Gasteiger charge is -2.31. The zero-order valence-electron chi connectivity index (χ0n) is 12.0. The van der Waals surface area contributed by atoms with E-state index in [9.17, 15) is 4.79 Å². The highest BCUT2D eigenvalue weighted by molar-refractivity contribution is 7.18. The Kier molecular flexibility index (Phi) is 5.19. The molecule has 1 amide bonds. The molecule has 1 aromatic rings. The van der Waals surface area contributed by atoms with Gasteiger partial charge in [0.15, 0.2) is 5.13 Å². The quantitative estimate of drug-likeness (QED) is 0.866. The number of nitrogen functional groups attached to an aromatic ring is 1. The molecule has 1 atom stereocenters. The SMILES string of the molecule is CCCNc1nc(N)c(C(=O)N2CCCC(OC)C2)s1. The minimum Gasteiger partial charge on any atom is -0.382 e. The van der Waals surface area contributed by atoms with Crippen LogP contribution in [0, 0.1) is 0 Å². The Hall–Kier alpha value is -1.34. The van der Waals surface area contributed by atoms with Crippen LogP contribution in [0.2, 0.25) is 0 Å². The molecule has 1 saturated heterocycles. The number of rotatable bonds is 5. The Bertz CT molecular complexity index is 463. The van der Waals surface area contributed by atoms with Crippen molar-refractivity contribution < 1.29 is 9.53 Å². The molecular weight excluding hydrogens is 276 g/mol. The summed E-state index contributed by atoms with van der Waals surface area (Å²) in [5.74, 6) is 0.282. The van der Waals surface area contributed by atoms with Gasteiger partial charge in [0.05, 0.1) is 6.10 Å². The number of nitrogens with zero attached hydrogens (tertiary/aromatic N) is 2. The average Bonchev–Trinajstić information content (AvgIpc) is 2.85. The molecule has 7 heteroatoms. The van der Waals surface area contributed by atoms with Crippen LogP contribution in [0.25, 0.3) is 0 Å². The van der Waals surface area contributed by atoms with Crippen molar-refractivity contribution in [2.24, 2.45) is 0 Å². The summed E-state index contributed by atoms with van der Waals surface area (Å²) in [5, 5.41) is 3.88. The predicted molar refractivity (Wildman–Crippen MR) is 81.2 cm³/mol. The molecule has 20 heavy (non-hydrogen) atoms. The molecule has 1 aliphatic rings. The second-order valence-corrected chi connectivity index (χ2v) is 5.91. The topological polar surface area (TPSA) is 80.5 Å². The maximum Gasteiger partial charge on any atom is 0.267 e. The Balaban J connectivity index is 2.06. The molecule has 0 saturated carbocycles. The first kappa shape index (κ1) is 15.1. The summed E-state index contributed by atoms with van der Waals surface area (Å²) in [6.45, 7) is 4.29. The molecule has 2 rings (SSSR count). The van der Waals surface area contributed by atoms with Crippen molar-refractivity contribution in [3.63, 3.8) is 0 Å². The van der Waals surface area contributed by atoms with E-state index in [4.69, 9.17) is 10.5 Å². The fourth-order valence-electron chi connectivity index (χ4n) is 2.25. The van der Waals surface area contributed by atoms with E-state index in [-0.39, 0.29) is 12.0 Å². The maximum atomic E-state index is 12.5. The van der Waals surface area contributed by atoms with Gasteiger partial charge < -0.3 is 20.7 Å². The normalized spacial score (nSPS) is 19.1. The number of aromatic nitrogens is 1. The number of carbonyl (C=O) groups is 1. The van der Waals surface area contributed by atoms with Gasteiger partial charge in [-0.1, -0.05) is 18.3 Å². The summed E-state index contributed by atoms with van der Waals surface area (Å²) >= 11 is 1.33. The minimum atomic E-state index is -0.0358. The van der Waals surface area contributed by atoms with Crippen LogP contribution in [0.4, 0.5) is 10.9 Å². The summed E-state index contributed by atoms with van der Waals surface area (Å²) in [5.41, 5.74) is 5.87. The molecule has 112 valence electrons. The van der Waals surface area contributed by atoms with E-state index in [1.165, 1.54) is 11.3 Å². The fourth-order valence-corrected chi connectivity index (χ4v) is 3.13. The van der Waals surface area contributed by atoms with Gasteiger partial charge in [-0.15, -0.1) is 0 Å². The number of piperidine rings is 1. The van der Waals surface area contributed by atoms with E-state index in [1.807, 2.05) is 4.90 Å². The largest absolute Gasteiger partial charge is 0.382 e. The Morgan fingerprint density at radius 1 is 1.65 bits per heavy atom. The molecule has 1 aromatic heterocycles. The van der Waals surface area contributed by atoms with Crippen molar-refractivity contribution in [2.75, 3.05) is 37.8 Å². The van der Waals surface area contributed by atoms with Gasteiger partial charge in [0.25, 0.3) is 5.91 Å². The number of likely N-dealkylation sites (tertiary alicyclic amines) is 1. The highest BCUT2D eigenvalue weighted by Gasteiger charge is 2.27. The van der Waals surface area contributed by atoms with Crippen LogP contribution in [-0.4, -0.2) is 48.6 Å². The summed E-state index contributed by atoms with van der Waals surface area (Å²) in [6.07, 6.45) is 3.09. The Labute approximate surface area is 123 Å². The third-order valence-corrected chi connectivity index (χ3v) is 4.39. The molecule has 0 aromatic carbocycles. The minimum absolute atomic E-state index is 0.0358. The van der Waals surface area contributed by atoms with E-state index in [0.29, 0.717) is 22.4 Å². The summed E-state index contributed by atoms with van der Waals surface area (Å²) in [6, 6.07) is 0. The lowest BCUT2D eigenvalue weighted by molar-refractivity contribution is 0.0272. The van der Waals surface area contributed by atoms with Crippen molar-refractivity contribution in [1.82, 2.24) is 9.88 Å². The molecule has 2 heterocycles. The molecule has 0 bridgehead atoms. The number of nitrogens with two attached hydrogens (primary N) is 1. The number of ether oxygens (including phenoxy) is 1. The van der Waals surface area contributed by atoms with Gasteiger partial charge >= 0.3 is 0 Å². The van der Waals surface area contributed by atoms with E-state index in [0.717, 1.165) is 32.4 Å². The van der Waals surface area contributed by atoms with Gasteiger partial charge in [0, 0.05) is 26.7 Å². The van der Waals surface area contributed by atoms with Gasteiger partial charge in [0.1, 0.15) is 10.7 Å². The van der Waals surface area contributed by atoms with Gasteiger partial charge in [-0.25, -0.2) is 4.98 Å². The van der Waals surface area contributed by atoms with Crippen LogP contribution in [0.3, 0.4) is 0 Å². The summed E-state index contributed by atoms with van der Waals surface area (Å²) in [7, 11) is 1.69. The van der Waals surface area contributed by atoms with E-state index in [1.54, 1.807) is 7.11 Å². The van der Waals surface area contributed by atoms with Crippen LogP contribution < -0.4 is 11.1 Å². The molecule has 0 aliphatic carbocycles. The van der Waals surface area contributed by atoms with E-state index >= 15 is 0 Å².